The second kappa shape index (κ2) is 9.17. The number of nitro benzene ring substituents is 1. The molecular formula is C18H22ClN4O3+. The Kier molecular flexibility index (Phi) is 6.94. The lowest BCUT2D eigenvalue weighted by atomic mass is 10.1. The lowest BCUT2D eigenvalue weighted by molar-refractivity contribution is -0.640. The molecule has 2 aromatic carbocycles. The van der Waals surface area contributed by atoms with Crippen molar-refractivity contribution in [2.75, 3.05) is 30.3 Å². The Morgan fingerprint density at radius 1 is 1.23 bits per heavy atom. The molecule has 4 N–H and O–H groups in total. The minimum absolute atomic E-state index is 0.0460. The summed E-state index contributed by atoms with van der Waals surface area (Å²) in [5, 5.41) is 18.9. The Bertz CT molecular complexity index is 791. The first-order valence-corrected chi connectivity index (χ1v) is 8.62. The van der Waals surface area contributed by atoms with Gasteiger partial charge in [-0.3, -0.25) is 14.9 Å². The Morgan fingerprint density at radius 2 is 1.92 bits per heavy atom. The molecule has 2 rings (SSSR count). The molecular weight excluding hydrogens is 356 g/mol. The van der Waals surface area contributed by atoms with Gasteiger partial charge >= 0.3 is 0 Å². The van der Waals surface area contributed by atoms with Crippen LogP contribution in [0.5, 0.6) is 0 Å². The topological polar surface area (TPSA) is 101 Å². The fraction of sp³-hybridized carbons (Fsp3) is 0.278. The molecule has 0 fully saturated rings. The molecule has 0 bridgehead atoms. The third kappa shape index (κ3) is 5.44. The van der Waals surface area contributed by atoms with Crippen molar-refractivity contribution in [3.63, 3.8) is 0 Å². The van der Waals surface area contributed by atoms with E-state index in [4.69, 9.17) is 11.6 Å². The van der Waals surface area contributed by atoms with Crippen molar-refractivity contribution < 1.29 is 15.0 Å². The monoisotopic (exact) mass is 377 g/mol. The Morgan fingerprint density at radius 3 is 2.54 bits per heavy atom. The normalized spacial score (nSPS) is 10.4. The smallest absolute Gasteiger partial charge is 0.279 e. The molecule has 0 spiro atoms. The number of aryl methyl sites for hydroxylation is 2. The minimum Gasteiger partial charge on any atom is -0.378 e. The van der Waals surface area contributed by atoms with Gasteiger partial charge in [-0.25, -0.2) is 0 Å². The number of nitrogens with two attached hydrogens (primary N) is 1. The molecule has 0 radical (unpaired) electrons. The summed E-state index contributed by atoms with van der Waals surface area (Å²) in [6.07, 6.45) is 0. The van der Waals surface area contributed by atoms with Gasteiger partial charge in [-0.15, -0.1) is 0 Å². The molecule has 2 aromatic rings. The van der Waals surface area contributed by atoms with Crippen LogP contribution in [0.25, 0.3) is 0 Å². The highest BCUT2D eigenvalue weighted by Crippen LogP contribution is 2.26. The minimum atomic E-state index is -0.488. The van der Waals surface area contributed by atoms with E-state index in [-0.39, 0.29) is 11.6 Å². The molecule has 138 valence electrons. The van der Waals surface area contributed by atoms with E-state index in [1.165, 1.54) is 12.1 Å². The van der Waals surface area contributed by atoms with Gasteiger partial charge in [0.05, 0.1) is 28.7 Å². The van der Waals surface area contributed by atoms with Crippen molar-refractivity contribution in [2.24, 2.45) is 0 Å². The van der Waals surface area contributed by atoms with Crippen LogP contribution >= 0.6 is 11.6 Å². The number of hydrogen-bond donors (Lipinski definition) is 3. The third-order valence-electron chi connectivity index (χ3n) is 3.90. The van der Waals surface area contributed by atoms with Gasteiger partial charge in [0.2, 0.25) is 0 Å². The molecule has 0 atom stereocenters. The summed E-state index contributed by atoms with van der Waals surface area (Å²) in [4.78, 5) is 22.3. The summed E-state index contributed by atoms with van der Waals surface area (Å²) in [6.45, 7) is 5.47. The molecule has 0 saturated carbocycles. The maximum atomic E-state index is 12.1. The SMILES string of the molecule is Cc1cccc(C)c1NC(=O)C[NH2+]CCNc1ccc([N+](=O)[O-])cc1Cl. The van der Waals surface area contributed by atoms with E-state index in [0.717, 1.165) is 16.8 Å². The van der Waals surface area contributed by atoms with Gasteiger partial charge in [0.15, 0.2) is 6.54 Å². The van der Waals surface area contributed by atoms with Gasteiger partial charge in [-0.05, 0) is 31.0 Å². The number of nitrogens with zero attached hydrogens (tertiary/aromatic N) is 1. The van der Waals surface area contributed by atoms with Crippen LogP contribution < -0.4 is 16.0 Å². The van der Waals surface area contributed by atoms with Crippen molar-refractivity contribution in [3.8, 4) is 0 Å². The number of nitro groups is 1. The zero-order valence-electron chi connectivity index (χ0n) is 14.7. The molecule has 0 unspecified atom stereocenters. The number of quaternary nitrogens is 1. The van der Waals surface area contributed by atoms with Crippen LogP contribution in [0.15, 0.2) is 36.4 Å². The molecule has 0 aromatic heterocycles. The van der Waals surface area contributed by atoms with E-state index in [9.17, 15) is 14.9 Å². The Balaban J connectivity index is 1.74. The summed E-state index contributed by atoms with van der Waals surface area (Å²) >= 11 is 6.02. The number of para-hydroxylation sites is 1. The first-order chi connectivity index (χ1) is 12.4. The summed E-state index contributed by atoms with van der Waals surface area (Å²) in [5.74, 6) is -0.0595. The number of rotatable bonds is 8. The molecule has 8 heteroatoms. The maximum absolute atomic E-state index is 12.1. The highest BCUT2D eigenvalue weighted by Gasteiger charge is 2.10. The van der Waals surface area contributed by atoms with E-state index >= 15 is 0 Å². The van der Waals surface area contributed by atoms with E-state index in [1.54, 1.807) is 6.07 Å². The fourth-order valence-corrected chi connectivity index (χ4v) is 2.75. The quantitative estimate of drug-likeness (QED) is 0.373. The van der Waals surface area contributed by atoms with Crippen molar-refractivity contribution in [1.82, 2.24) is 0 Å². The number of carbonyl (C=O) groups is 1. The van der Waals surface area contributed by atoms with Crippen LogP contribution in [-0.2, 0) is 4.79 Å². The van der Waals surface area contributed by atoms with Crippen LogP contribution in [0.2, 0.25) is 5.02 Å². The van der Waals surface area contributed by atoms with Crippen LogP contribution in [-0.4, -0.2) is 30.5 Å². The fourth-order valence-electron chi connectivity index (χ4n) is 2.51. The number of halogens is 1. The number of anilines is 2. The summed E-state index contributed by atoms with van der Waals surface area (Å²) in [7, 11) is 0. The number of benzene rings is 2. The maximum Gasteiger partial charge on any atom is 0.279 e. The van der Waals surface area contributed by atoms with Crippen molar-refractivity contribution in [1.29, 1.82) is 0 Å². The van der Waals surface area contributed by atoms with Crippen molar-refractivity contribution >= 4 is 34.6 Å². The first kappa shape index (κ1) is 19.7. The summed E-state index contributed by atoms with van der Waals surface area (Å²) in [6, 6.07) is 10.2. The second-order valence-electron chi connectivity index (χ2n) is 5.94. The van der Waals surface area contributed by atoms with Crippen molar-refractivity contribution in [3.05, 3.63) is 62.7 Å². The number of hydrogen-bond acceptors (Lipinski definition) is 4. The summed E-state index contributed by atoms with van der Waals surface area (Å²) < 4.78 is 0. The molecule has 0 aliphatic carbocycles. The standard InChI is InChI=1S/C18H21ClN4O3/c1-12-4-3-5-13(2)18(12)22-17(24)11-20-8-9-21-16-7-6-14(23(25)26)10-15(16)19/h3-7,10,20-21H,8-9,11H2,1-2H3,(H,22,24)/p+1. The predicted octanol–water partition coefficient (Wildman–Crippen LogP) is 2.48. The molecule has 0 aliphatic rings. The third-order valence-corrected chi connectivity index (χ3v) is 4.22. The first-order valence-electron chi connectivity index (χ1n) is 8.24. The van der Waals surface area contributed by atoms with Gasteiger partial charge in [-0.1, -0.05) is 29.8 Å². The number of nitrogens with one attached hydrogen (secondary N) is 2. The van der Waals surface area contributed by atoms with E-state index < -0.39 is 4.92 Å². The number of amides is 1. The van der Waals surface area contributed by atoms with Crippen LogP contribution in [0.3, 0.4) is 0 Å². The van der Waals surface area contributed by atoms with Gasteiger partial charge < -0.3 is 16.0 Å². The van der Waals surface area contributed by atoms with Gasteiger partial charge in [0.1, 0.15) is 0 Å². The molecule has 0 heterocycles. The van der Waals surface area contributed by atoms with E-state index in [2.05, 4.69) is 10.6 Å². The van der Waals surface area contributed by atoms with Crippen molar-refractivity contribution in [2.45, 2.75) is 13.8 Å². The zero-order chi connectivity index (χ0) is 19.1. The highest BCUT2D eigenvalue weighted by atomic mass is 35.5. The molecule has 7 nitrogen and oxygen atoms in total. The molecule has 0 saturated heterocycles. The Hall–Kier alpha value is -2.64. The second-order valence-corrected chi connectivity index (χ2v) is 6.35. The summed E-state index contributed by atoms with van der Waals surface area (Å²) in [5.41, 5.74) is 3.52. The Labute approximate surface area is 156 Å². The van der Waals surface area contributed by atoms with Gasteiger partial charge in [0.25, 0.3) is 11.6 Å². The highest BCUT2D eigenvalue weighted by molar-refractivity contribution is 6.33. The lowest BCUT2D eigenvalue weighted by Crippen LogP contribution is -2.87. The van der Waals surface area contributed by atoms with E-state index in [1.807, 2.05) is 37.4 Å². The number of carbonyl (C=O) groups excluding carboxylic acids is 1. The largest absolute Gasteiger partial charge is 0.378 e. The molecule has 0 aliphatic heterocycles. The average molecular weight is 378 g/mol. The molecule has 1 amide bonds. The number of non-ortho nitro benzene ring substituents is 1. The average Bonchev–Trinajstić information content (AvgIpc) is 2.59. The van der Waals surface area contributed by atoms with Crippen LogP contribution in [0.1, 0.15) is 11.1 Å². The predicted molar refractivity (Wildman–Crippen MR) is 103 cm³/mol. The van der Waals surface area contributed by atoms with Crippen LogP contribution in [0.4, 0.5) is 17.1 Å². The van der Waals surface area contributed by atoms with E-state index in [0.29, 0.717) is 30.3 Å². The van der Waals surface area contributed by atoms with Crippen LogP contribution in [0, 0.1) is 24.0 Å². The molecule has 26 heavy (non-hydrogen) atoms. The lowest BCUT2D eigenvalue weighted by Gasteiger charge is -2.11. The van der Waals surface area contributed by atoms with Gasteiger partial charge in [0, 0.05) is 17.8 Å². The van der Waals surface area contributed by atoms with Gasteiger partial charge in [-0.2, -0.15) is 0 Å². The zero-order valence-corrected chi connectivity index (χ0v) is 15.5.